The van der Waals surface area contributed by atoms with E-state index in [1.54, 1.807) is 43.8 Å². The van der Waals surface area contributed by atoms with Gasteiger partial charge in [-0.2, -0.15) is 0 Å². The van der Waals surface area contributed by atoms with Gasteiger partial charge in [0.25, 0.3) is 11.8 Å². The molecule has 4 rings (SSSR count). The lowest BCUT2D eigenvalue weighted by atomic mass is 9.97. The summed E-state index contributed by atoms with van der Waals surface area (Å²) in [6.07, 6.45) is 5.58. The normalized spacial score (nSPS) is 13.7. The number of rotatable bonds is 8. The van der Waals surface area contributed by atoms with Crippen molar-refractivity contribution in [1.82, 2.24) is 10.3 Å². The van der Waals surface area contributed by atoms with Crippen molar-refractivity contribution < 1.29 is 19.1 Å². The SMILES string of the molecule is COc1ccc(C(=O)Nc2ccc(N3CCC(C)CC3)c(C(=O)NCc3cccnc3)c2)c(OC)c1. The van der Waals surface area contributed by atoms with E-state index >= 15 is 0 Å². The summed E-state index contributed by atoms with van der Waals surface area (Å²) in [6, 6.07) is 14.2. The minimum Gasteiger partial charge on any atom is -0.497 e. The third-order valence-electron chi connectivity index (χ3n) is 6.45. The lowest BCUT2D eigenvalue weighted by Crippen LogP contribution is -2.35. The van der Waals surface area contributed by atoms with E-state index in [1.807, 2.05) is 24.3 Å². The first-order valence-corrected chi connectivity index (χ1v) is 12.1. The summed E-state index contributed by atoms with van der Waals surface area (Å²) >= 11 is 0. The molecular weight excluding hydrogens is 456 g/mol. The van der Waals surface area contributed by atoms with Gasteiger partial charge in [-0.1, -0.05) is 13.0 Å². The molecule has 1 fully saturated rings. The number of nitrogens with one attached hydrogen (secondary N) is 2. The van der Waals surface area contributed by atoms with E-state index in [1.165, 1.54) is 7.11 Å². The van der Waals surface area contributed by atoms with Gasteiger partial charge in [-0.3, -0.25) is 14.6 Å². The highest BCUT2D eigenvalue weighted by Gasteiger charge is 2.22. The predicted octanol–water partition coefficient (Wildman–Crippen LogP) is 4.52. The Balaban J connectivity index is 1.58. The number of amides is 2. The van der Waals surface area contributed by atoms with Crippen molar-refractivity contribution in [3.8, 4) is 11.5 Å². The van der Waals surface area contributed by atoms with E-state index in [9.17, 15) is 9.59 Å². The molecule has 0 atom stereocenters. The van der Waals surface area contributed by atoms with Crippen molar-refractivity contribution in [1.29, 1.82) is 0 Å². The molecule has 0 aliphatic carbocycles. The van der Waals surface area contributed by atoms with Gasteiger partial charge in [0.1, 0.15) is 11.5 Å². The van der Waals surface area contributed by atoms with Crippen molar-refractivity contribution in [2.45, 2.75) is 26.3 Å². The van der Waals surface area contributed by atoms with E-state index in [0.717, 1.165) is 37.2 Å². The number of carbonyl (C=O) groups excluding carboxylic acids is 2. The van der Waals surface area contributed by atoms with Crippen LogP contribution in [0.15, 0.2) is 60.9 Å². The summed E-state index contributed by atoms with van der Waals surface area (Å²) < 4.78 is 10.6. The van der Waals surface area contributed by atoms with Crippen LogP contribution in [-0.2, 0) is 6.54 Å². The predicted molar refractivity (Wildman–Crippen MR) is 140 cm³/mol. The molecule has 2 aromatic carbocycles. The van der Waals surface area contributed by atoms with Gasteiger partial charge in [-0.15, -0.1) is 0 Å². The van der Waals surface area contributed by atoms with Gasteiger partial charge in [-0.05, 0) is 60.7 Å². The Bertz CT molecular complexity index is 1210. The number of benzene rings is 2. The van der Waals surface area contributed by atoms with E-state index < -0.39 is 0 Å². The van der Waals surface area contributed by atoms with Crippen LogP contribution < -0.4 is 25.0 Å². The zero-order valence-electron chi connectivity index (χ0n) is 20.9. The number of pyridine rings is 1. The highest BCUT2D eigenvalue weighted by atomic mass is 16.5. The number of aromatic nitrogens is 1. The number of hydrogen-bond donors (Lipinski definition) is 2. The Morgan fingerprint density at radius 3 is 2.50 bits per heavy atom. The van der Waals surface area contributed by atoms with Crippen molar-refractivity contribution in [3.63, 3.8) is 0 Å². The maximum absolute atomic E-state index is 13.3. The third-order valence-corrected chi connectivity index (χ3v) is 6.45. The first kappa shape index (κ1) is 25.0. The molecular formula is C28H32N4O4. The molecule has 0 saturated carbocycles. The van der Waals surface area contributed by atoms with Gasteiger partial charge in [0.15, 0.2) is 0 Å². The zero-order chi connectivity index (χ0) is 25.5. The molecule has 0 bridgehead atoms. The fourth-order valence-electron chi connectivity index (χ4n) is 4.29. The smallest absolute Gasteiger partial charge is 0.259 e. The summed E-state index contributed by atoms with van der Waals surface area (Å²) in [7, 11) is 3.06. The number of methoxy groups -OCH3 is 2. The molecule has 8 nitrogen and oxygen atoms in total. The van der Waals surface area contributed by atoms with Crippen LogP contribution >= 0.6 is 0 Å². The monoisotopic (exact) mass is 488 g/mol. The Labute approximate surface area is 211 Å². The average Bonchev–Trinajstić information content (AvgIpc) is 2.92. The van der Waals surface area contributed by atoms with Crippen LogP contribution in [0.3, 0.4) is 0 Å². The van der Waals surface area contributed by atoms with Gasteiger partial charge in [0.05, 0.1) is 25.3 Å². The second kappa shape index (κ2) is 11.6. The average molecular weight is 489 g/mol. The highest BCUT2D eigenvalue weighted by Crippen LogP contribution is 2.30. The molecule has 8 heteroatoms. The topological polar surface area (TPSA) is 92.8 Å². The molecule has 2 amide bonds. The lowest BCUT2D eigenvalue weighted by molar-refractivity contribution is 0.0949. The van der Waals surface area contributed by atoms with Crippen molar-refractivity contribution >= 4 is 23.2 Å². The second-order valence-corrected chi connectivity index (χ2v) is 8.97. The summed E-state index contributed by atoms with van der Waals surface area (Å²) in [5.41, 5.74) is 3.20. The standard InChI is InChI=1S/C28H32N4O4/c1-19-10-13-32(14-11-19)25-9-6-21(15-24(25)27(33)30-18-20-5-4-12-29-17-20)31-28(34)23-8-7-22(35-2)16-26(23)36-3/h4-9,12,15-17,19H,10-11,13-14,18H2,1-3H3,(H,30,33)(H,31,34). The summed E-state index contributed by atoms with van der Waals surface area (Å²) in [5.74, 6) is 1.13. The molecule has 2 heterocycles. The molecule has 1 saturated heterocycles. The Morgan fingerprint density at radius 2 is 1.81 bits per heavy atom. The highest BCUT2D eigenvalue weighted by molar-refractivity contribution is 6.08. The molecule has 0 spiro atoms. The Hall–Kier alpha value is -4.07. The quantitative estimate of drug-likeness (QED) is 0.484. The molecule has 1 aliphatic heterocycles. The number of ether oxygens (including phenoxy) is 2. The molecule has 3 aromatic rings. The van der Waals surface area contributed by atoms with E-state index in [0.29, 0.717) is 40.8 Å². The fourth-order valence-corrected chi connectivity index (χ4v) is 4.29. The van der Waals surface area contributed by atoms with Crippen LogP contribution in [0.5, 0.6) is 11.5 Å². The number of nitrogens with zero attached hydrogens (tertiary/aromatic N) is 2. The maximum Gasteiger partial charge on any atom is 0.259 e. The van der Waals surface area contributed by atoms with Crippen LogP contribution in [0.4, 0.5) is 11.4 Å². The van der Waals surface area contributed by atoms with Gasteiger partial charge in [-0.25, -0.2) is 0 Å². The molecule has 1 aliphatic rings. The van der Waals surface area contributed by atoms with Gasteiger partial charge >= 0.3 is 0 Å². The summed E-state index contributed by atoms with van der Waals surface area (Å²) in [6.45, 7) is 4.39. The van der Waals surface area contributed by atoms with Crippen LogP contribution in [0.25, 0.3) is 0 Å². The number of carbonyl (C=O) groups is 2. The number of hydrogen-bond acceptors (Lipinski definition) is 6. The molecule has 2 N–H and O–H groups in total. The molecule has 188 valence electrons. The third kappa shape index (κ3) is 5.94. The summed E-state index contributed by atoms with van der Waals surface area (Å²) in [4.78, 5) is 32.7. The van der Waals surface area contributed by atoms with Crippen LogP contribution in [0, 0.1) is 5.92 Å². The van der Waals surface area contributed by atoms with Crippen molar-refractivity contribution in [2.24, 2.45) is 5.92 Å². The zero-order valence-corrected chi connectivity index (χ0v) is 20.9. The second-order valence-electron chi connectivity index (χ2n) is 8.97. The largest absolute Gasteiger partial charge is 0.497 e. The first-order chi connectivity index (χ1) is 17.5. The molecule has 0 radical (unpaired) electrons. The van der Waals surface area contributed by atoms with Crippen LogP contribution in [0.2, 0.25) is 0 Å². The molecule has 0 unspecified atom stereocenters. The summed E-state index contributed by atoms with van der Waals surface area (Å²) in [5, 5.41) is 5.90. The van der Waals surface area contributed by atoms with Gasteiger partial charge < -0.3 is 25.0 Å². The van der Waals surface area contributed by atoms with Crippen LogP contribution in [0.1, 0.15) is 46.0 Å². The number of piperidine rings is 1. The minimum absolute atomic E-state index is 0.203. The minimum atomic E-state index is -0.337. The van der Waals surface area contributed by atoms with E-state index in [2.05, 4.69) is 27.4 Å². The fraction of sp³-hybridized carbons (Fsp3) is 0.321. The molecule has 1 aromatic heterocycles. The molecule has 36 heavy (non-hydrogen) atoms. The van der Waals surface area contributed by atoms with Crippen LogP contribution in [-0.4, -0.2) is 44.1 Å². The van der Waals surface area contributed by atoms with Gasteiger partial charge in [0.2, 0.25) is 0 Å². The first-order valence-electron chi connectivity index (χ1n) is 12.1. The maximum atomic E-state index is 13.3. The lowest BCUT2D eigenvalue weighted by Gasteiger charge is -2.33. The van der Waals surface area contributed by atoms with E-state index in [4.69, 9.17) is 9.47 Å². The number of anilines is 2. The Morgan fingerprint density at radius 1 is 1.00 bits per heavy atom. The van der Waals surface area contributed by atoms with Gasteiger partial charge in [0, 0.05) is 49.5 Å². The van der Waals surface area contributed by atoms with E-state index in [-0.39, 0.29) is 11.8 Å². The van der Waals surface area contributed by atoms with Crippen molar-refractivity contribution in [2.75, 3.05) is 37.5 Å². The van der Waals surface area contributed by atoms with Crippen molar-refractivity contribution in [3.05, 3.63) is 77.6 Å². The Kier molecular flexibility index (Phi) is 8.05.